The van der Waals surface area contributed by atoms with E-state index in [9.17, 15) is 9.59 Å². The average Bonchev–Trinajstić information content (AvgIpc) is 2.74. The van der Waals surface area contributed by atoms with Crippen molar-refractivity contribution in [3.63, 3.8) is 0 Å². The molecule has 0 aromatic heterocycles. The zero-order valence-electron chi connectivity index (χ0n) is 12.1. The summed E-state index contributed by atoms with van der Waals surface area (Å²) in [5, 5.41) is 2.84. The third-order valence-corrected chi connectivity index (χ3v) is 4.50. The highest BCUT2D eigenvalue weighted by Gasteiger charge is 2.38. The summed E-state index contributed by atoms with van der Waals surface area (Å²) < 4.78 is 1.02. The summed E-state index contributed by atoms with van der Waals surface area (Å²) in [6, 6.07) is 14.6. The minimum Gasteiger partial charge on any atom is -0.350 e. The number of hydrogen-bond acceptors (Lipinski definition) is 3. The van der Waals surface area contributed by atoms with Crippen LogP contribution >= 0.6 is 34.2 Å². The lowest BCUT2D eigenvalue weighted by Crippen LogP contribution is -2.32. The van der Waals surface area contributed by atoms with Gasteiger partial charge in [-0.05, 0) is 65.9 Å². The molecule has 23 heavy (non-hydrogen) atoms. The number of rotatable bonds is 3. The van der Waals surface area contributed by atoms with Crippen LogP contribution in [0.2, 0.25) is 0 Å². The Morgan fingerprint density at radius 1 is 0.957 bits per heavy atom. The zero-order valence-corrected chi connectivity index (χ0v) is 15.1. The Bertz CT molecular complexity index is 813. The lowest BCUT2D eigenvalue weighted by molar-refractivity contribution is -0.120. The van der Waals surface area contributed by atoms with Gasteiger partial charge in [0, 0.05) is 9.26 Å². The molecule has 0 radical (unpaired) electrons. The van der Waals surface area contributed by atoms with Gasteiger partial charge in [0.1, 0.15) is 10.7 Å². The molecule has 1 N–H and O–H groups in total. The van der Waals surface area contributed by atoms with E-state index in [2.05, 4.69) is 27.9 Å². The molecule has 6 heteroatoms. The van der Waals surface area contributed by atoms with E-state index in [0.717, 1.165) is 14.0 Å². The summed E-state index contributed by atoms with van der Waals surface area (Å²) in [7, 11) is 0. The van der Waals surface area contributed by atoms with Gasteiger partial charge in [-0.1, -0.05) is 29.3 Å². The van der Waals surface area contributed by atoms with Crippen molar-refractivity contribution in [2.24, 2.45) is 0 Å². The molecule has 0 atom stereocenters. The van der Waals surface area contributed by atoms with E-state index in [1.165, 1.54) is 0 Å². The van der Waals surface area contributed by atoms with Gasteiger partial charge in [0.2, 0.25) is 0 Å². The lowest BCUT2D eigenvalue weighted by Gasteiger charge is -2.15. The van der Waals surface area contributed by atoms with Crippen molar-refractivity contribution in [3.05, 3.63) is 68.4 Å². The summed E-state index contributed by atoms with van der Waals surface area (Å²) in [4.78, 5) is 26.0. The molecule has 0 aliphatic carbocycles. The Morgan fingerprint density at radius 2 is 1.57 bits per heavy atom. The lowest BCUT2D eigenvalue weighted by atomic mass is 10.2. The molecule has 0 fully saturated rings. The Labute approximate surface area is 152 Å². The standard InChI is InChI=1S/C17H12ClIN2O2/c1-10-2-6-12(7-3-10)20-15-14(18)16(22)21(17(15)23)13-8-4-11(19)5-9-13/h2-9,20H,1H3. The molecule has 0 saturated heterocycles. The molecule has 0 unspecified atom stereocenters. The van der Waals surface area contributed by atoms with Crippen LogP contribution in [-0.4, -0.2) is 11.8 Å². The van der Waals surface area contributed by atoms with Crippen LogP contribution in [0.3, 0.4) is 0 Å². The number of amides is 2. The first-order valence-electron chi connectivity index (χ1n) is 6.85. The number of anilines is 2. The van der Waals surface area contributed by atoms with Crippen LogP contribution in [0.25, 0.3) is 0 Å². The first kappa shape index (κ1) is 16.0. The molecule has 2 aromatic rings. The van der Waals surface area contributed by atoms with Gasteiger partial charge in [-0.2, -0.15) is 0 Å². The number of carbonyl (C=O) groups excluding carboxylic acids is 2. The van der Waals surface area contributed by atoms with Gasteiger partial charge in [0.05, 0.1) is 5.69 Å². The average molecular weight is 439 g/mol. The number of benzene rings is 2. The normalized spacial score (nSPS) is 14.7. The molecule has 4 nitrogen and oxygen atoms in total. The monoisotopic (exact) mass is 438 g/mol. The van der Waals surface area contributed by atoms with E-state index in [1.807, 2.05) is 43.3 Å². The van der Waals surface area contributed by atoms with Gasteiger partial charge in [0.15, 0.2) is 0 Å². The smallest absolute Gasteiger partial charge is 0.283 e. The second-order valence-electron chi connectivity index (χ2n) is 5.10. The Hall–Kier alpha value is -1.86. The van der Waals surface area contributed by atoms with Gasteiger partial charge in [-0.3, -0.25) is 9.59 Å². The molecule has 1 aliphatic heterocycles. The minimum atomic E-state index is -0.521. The topological polar surface area (TPSA) is 49.4 Å². The minimum absolute atomic E-state index is 0.0964. The first-order valence-corrected chi connectivity index (χ1v) is 8.31. The molecule has 116 valence electrons. The van der Waals surface area contributed by atoms with Crippen LogP contribution in [0.1, 0.15) is 5.56 Å². The zero-order chi connectivity index (χ0) is 16.6. The fourth-order valence-electron chi connectivity index (χ4n) is 2.22. The number of hydrogen-bond donors (Lipinski definition) is 1. The predicted octanol–water partition coefficient (Wildman–Crippen LogP) is 4.04. The maximum atomic E-state index is 12.6. The molecular weight excluding hydrogens is 427 g/mol. The molecule has 1 heterocycles. The fraction of sp³-hybridized carbons (Fsp3) is 0.0588. The largest absolute Gasteiger partial charge is 0.350 e. The van der Waals surface area contributed by atoms with E-state index in [0.29, 0.717) is 11.4 Å². The van der Waals surface area contributed by atoms with Gasteiger partial charge >= 0.3 is 0 Å². The molecule has 2 amide bonds. The number of nitrogens with zero attached hydrogens (tertiary/aromatic N) is 1. The molecule has 1 aliphatic rings. The third-order valence-electron chi connectivity index (χ3n) is 3.43. The highest BCUT2D eigenvalue weighted by atomic mass is 127. The highest BCUT2D eigenvalue weighted by molar-refractivity contribution is 14.1. The van der Waals surface area contributed by atoms with Crippen molar-refractivity contribution >= 4 is 57.4 Å². The van der Waals surface area contributed by atoms with Crippen molar-refractivity contribution < 1.29 is 9.59 Å². The van der Waals surface area contributed by atoms with Crippen LogP contribution < -0.4 is 10.2 Å². The Kier molecular flexibility index (Phi) is 4.41. The molecule has 0 saturated carbocycles. The highest BCUT2D eigenvalue weighted by Crippen LogP contribution is 2.30. The number of carbonyl (C=O) groups is 2. The Balaban J connectivity index is 1.90. The van der Waals surface area contributed by atoms with Gasteiger partial charge in [0.25, 0.3) is 11.8 Å². The molecular formula is C17H12ClIN2O2. The molecule has 3 rings (SSSR count). The number of imide groups is 1. The van der Waals surface area contributed by atoms with E-state index >= 15 is 0 Å². The summed E-state index contributed by atoms with van der Waals surface area (Å²) in [6.07, 6.45) is 0. The fourth-order valence-corrected chi connectivity index (χ4v) is 2.79. The van der Waals surface area contributed by atoms with Gasteiger partial charge < -0.3 is 5.32 Å². The number of halogens is 2. The van der Waals surface area contributed by atoms with Crippen LogP contribution in [0, 0.1) is 10.5 Å². The number of aryl methyl sites for hydroxylation is 1. The van der Waals surface area contributed by atoms with E-state index in [1.54, 1.807) is 12.1 Å². The SMILES string of the molecule is Cc1ccc(NC2=C(Cl)C(=O)N(c3ccc(I)cc3)C2=O)cc1. The van der Waals surface area contributed by atoms with Crippen molar-refractivity contribution in [1.29, 1.82) is 0 Å². The summed E-state index contributed by atoms with van der Waals surface area (Å²) >= 11 is 8.24. The summed E-state index contributed by atoms with van der Waals surface area (Å²) in [6.45, 7) is 1.97. The van der Waals surface area contributed by atoms with Gasteiger partial charge in [-0.15, -0.1) is 0 Å². The van der Waals surface area contributed by atoms with Gasteiger partial charge in [-0.25, -0.2) is 4.90 Å². The Morgan fingerprint density at radius 3 is 2.17 bits per heavy atom. The predicted molar refractivity (Wildman–Crippen MR) is 99.3 cm³/mol. The van der Waals surface area contributed by atoms with Crippen molar-refractivity contribution in [2.45, 2.75) is 6.92 Å². The molecule has 0 spiro atoms. The van der Waals surface area contributed by atoms with E-state index < -0.39 is 11.8 Å². The van der Waals surface area contributed by atoms with Crippen molar-refractivity contribution in [2.75, 3.05) is 10.2 Å². The molecule has 0 bridgehead atoms. The van der Waals surface area contributed by atoms with Crippen LogP contribution in [0.5, 0.6) is 0 Å². The molecule has 2 aromatic carbocycles. The van der Waals surface area contributed by atoms with Crippen molar-refractivity contribution in [3.8, 4) is 0 Å². The third kappa shape index (κ3) is 3.11. The van der Waals surface area contributed by atoms with E-state index in [-0.39, 0.29) is 10.7 Å². The first-order chi connectivity index (χ1) is 11.0. The quantitative estimate of drug-likeness (QED) is 0.581. The summed E-state index contributed by atoms with van der Waals surface area (Å²) in [5.41, 5.74) is 2.40. The van der Waals surface area contributed by atoms with E-state index in [4.69, 9.17) is 11.6 Å². The van der Waals surface area contributed by atoms with Crippen LogP contribution in [-0.2, 0) is 9.59 Å². The maximum absolute atomic E-state index is 12.6. The second kappa shape index (κ2) is 6.33. The van der Waals surface area contributed by atoms with Crippen LogP contribution in [0.15, 0.2) is 59.3 Å². The summed E-state index contributed by atoms with van der Waals surface area (Å²) in [5.74, 6) is -0.978. The van der Waals surface area contributed by atoms with Crippen LogP contribution in [0.4, 0.5) is 11.4 Å². The number of nitrogens with one attached hydrogen (secondary N) is 1. The second-order valence-corrected chi connectivity index (χ2v) is 6.73. The maximum Gasteiger partial charge on any atom is 0.283 e. The van der Waals surface area contributed by atoms with Crippen molar-refractivity contribution in [1.82, 2.24) is 0 Å².